The maximum atomic E-state index is 11.3. The molecule has 90 valence electrons. The van der Waals surface area contributed by atoms with E-state index in [1.54, 1.807) is 23.1 Å². The molecule has 0 spiro atoms. The molecular weight excluding hydrogens is 274 g/mol. The number of carbonyl (C=O) groups excluding carboxylic acids is 1. The van der Waals surface area contributed by atoms with Gasteiger partial charge in [-0.2, -0.15) is 0 Å². The smallest absolute Gasteiger partial charge is 0.230 e. The number of fused-ring (bicyclic) bond motifs is 1. The molecule has 1 aromatic heterocycles. The van der Waals surface area contributed by atoms with Crippen LogP contribution in [0.5, 0.6) is 0 Å². The summed E-state index contributed by atoms with van der Waals surface area (Å²) in [5, 5.41) is 9.47. The highest BCUT2D eigenvalue weighted by atomic mass is 32.2. The number of amides is 1. The summed E-state index contributed by atoms with van der Waals surface area (Å²) in [5.74, 6) is 2.17. The van der Waals surface area contributed by atoms with Crippen molar-refractivity contribution in [3.05, 3.63) is 16.8 Å². The highest BCUT2D eigenvalue weighted by molar-refractivity contribution is 8.01. The minimum Gasteiger partial charge on any atom is -0.306 e. The molecule has 3 rings (SSSR count). The fourth-order valence-corrected chi connectivity index (χ4v) is 4.79. The molecule has 1 fully saturated rings. The molecule has 0 bridgehead atoms. The SMILES string of the molecule is Cc1nnc(SCC2=CN3C(=O)C[C@@H]3SC2)s1. The predicted molar refractivity (Wildman–Crippen MR) is 71.2 cm³/mol. The molecule has 2 aliphatic heterocycles. The molecule has 1 aromatic rings. The lowest BCUT2D eigenvalue weighted by molar-refractivity contribution is -0.137. The summed E-state index contributed by atoms with van der Waals surface area (Å²) in [5.41, 5.74) is 1.30. The van der Waals surface area contributed by atoms with Crippen LogP contribution in [-0.4, -0.2) is 37.9 Å². The van der Waals surface area contributed by atoms with E-state index in [0.29, 0.717) is 11.8 Å². The molecule has 0 N–H and O–H groups in total. The number of aromatic nitrogens is 2. The summed E-state index contributed by atoms with van der Waals surface area (Å²) in [6.45, 7) is 1.96. The van der Waals surface area contributed by atoms with Gasteiger partial charge in [-0.3, -0.25) is 4.79 Å². The van der Waals surface area contributed by atoms with Gasteiger partial charge in [-0.15, -0.1) is 22.0 Å². The Bertz CT molecular complexity index is 485. The van der Waals surface area contributed by atoms with E-state index < -0.39 is 0 Å². The van der Waals surface area contributed by atoms with Crippen LogP contribution in [0.1, 0.15) is 11.4 Å². The zero-order valence-corrected chi connectivity index (χ0v) is 11.7. The molecule has 7 heteroatoms. The van der Waals surface area contributed by atoms with E-state index in [4.69, 9.17) is 0 Å². The van der Waals surface area contributed by atoms with E-state index >= 15 is 0 Å². The fraction of sp³-hybridized carbons (Fsp3) is 0.500. The van der Waals surface area contributed by atoms with Crippen molar-refractivity contribution in [2.24, 2.45) is 0 Å². The molecule has 0 saturated carbocycles. The van der Waals surface area contributed by atoms with Gasteiger partial charge in [-0.05, 0) is 12.5 Å². The Balaban J connectivity index is 1.60. The van der Waals surface area contributed by atoms with E-state index in [9.17, 15) is 4.79 Å². The second-order valence-corrected chi connectivity index (χ2v) is 7.50. The van der Waals surface area contributed by atoms with Gasteiger partial charge in [0.1, 0.15) is 5.01 Å². The monoisotopic (exact) mass is 285 g/mol. The van der Waals surface area contributed by atoms with Gasteiger partial charge < -0.3 is 4.90 Å². The fourth-order valence-electron chi connectivity index (χ4n) is 1.70. The van der Waals surface area contributed by atoms with Gasteiger partial charge in [-0.1, -0.05) is 23.1 Å². The summed E-state index contributed by atoms with van der Waals surface area (Å²) < 4.78 is 1.01. The van der Waals surface area contributed by atoms with Gasteiger partial charge in [0.25, 0.3) is 0 Å². The molecule has 17 heavy (non-hydrogen) atoms. The number of nitrogens with zero attached hydrogens (tertiary/aromatic N) is 3. The molecule has 0 unspecified atom stereocenters. The average molecular weight is 285 g/mol. The first-order valence-electron chi connectivity index (χ1n) is 5.27. The molecule has 1 amide bonds. The molecule has 4 nitrogen and oxygen atoms in total. The zero-order valence-electron chi connectivity index (χ0n) is 9.25. The van der Waals surface area contributed by atoms with Crippen LogP contribution >= 0.6 is 34.9 Å². The lowest BCUT2D eigenvalue weighted by Crippen LogP contribution is -2.49. The van der Waals surface area contributed by atoms with E-state index in [2.05, 4.69) is 10.2 Å². The highest BCUT2D eigenvalue weighted by Crippen LogP contribution is 2.37. The van der Waals surface area contributed by atoms with Crippen LogP contribution in [0.4, 0.5) is 0 Å². The number of hydrogen-bond acceptors (Lipinski definition) is 6. The quantitative estimate of drug-likeness (QED) is 0.629. The molecule has 3 heterocycles. The predicted octanol–water partition coefficient (Wildman–Crippen LogP) is 2.13. The van der Waals surface area contributed by atoms with Gasteiger partial charge in [0.2, 0.25) is 5.91 Å². The van der Waals surface area contributed by atoms with Gasteiger partial charge in [-0.25, -0.2) is 0 Å². The summed E-state index contributed by atoms with van der Waals surface area (Å²) in [6, 6.07) is 0. The van der Waals surface area contributed by atoms with Gasteiger partial charge in [0.05, 0.1) is 11.8 Å². The van der Waals surface area contributed by atoms with Gasteiger partial charge in [0.15, 0.2) is 4.34 Å². The van der Waals surface area contributed by atoms with Crippen molar-refractivity contribution in [1.82, 2.24) is 15.1 Å². The summed E-state index contributed by atoms with van der Waals surface area (Å²) in [7, 11) is 0. The first-order valence-corrected chi connectivity index (χ1v) is 8.13. The number of rotatable bonds is 3. The van der Waals surface area contributed by atoms with Crippen molar-refractivity contribution in [2.45, 2.75) is 23.1 Å². The van der Waals surface area contributed by atoms with E-state index in [1.807, 2.05) is 29.8 Å². The first-order chi connectivity index (χ1) is 8.22. The molecule has 2 aliphatic rings. The molecule has 0 aliphatic carbocycles. The molecule has 0 radical (unpaired) electrons. The van der Waals surface area contributed by atoms with Crippen molar-refractivity contribution in [2.75, 3.05) is 11.5 Å². The maximum Gasteiger partial charge on any atom is 0.230 e. The van der Waals surface area contributed by atoms with Crippen molar-refractivity contribution in [1.29, 1.82) is 0 Å². The van der Waals surface area contributed by atoms with Crippen LogP contribution in [0.15, 0.2) is 16.1 Å². The van der Waals surface area contributed by atoms with Crippen molar-refractivity contribution in [3.63, 3.8) is 0 Å². The second kappa shape index (κ2) is 4.62. The summed E-state index contributed by atoms with van der Waals surface area (Å²) in [6.07, 6.45) is 2.73. The Morgan fingerprint density at radius 3 is 3.18 bits per heavy atom. The Hall–Kier alpha value is -0.530. The van der Waals surface area contributed by atoms with Crippen LogP contribution < -0.4 is 0 Å². The summed E-state index contributed by atoms with van der Waals surface area (Å²) in [4.78, 5) is 13.2. The normalized spacial score (nSPS) is 23.1. The third kappa shape index (κ3) is 2.36. The maximum absolute atomic E-state index is 11.3. The van der Waals surface area contributed by atoms with Crippen LogP contribution in [0.3, 0.4) is 0 Å². The number of β-lactam (4-membered cyclic amide) rings is 1. The lowest BCUT2D eigenvalue weighted by Gasteiger charge is -2.41. The minimum absolute atomic E-state index is 0.247. The van der Waals surface area contributed by atoms with Crippen LogP contribution in [0.25, 0.3) is 0 Å². The average Bonchev–Trinajstić information content (AvgIpc) is 2.72. The third-order valence-corrected chi connectivity index (χ3v) is 6.02. The number of thioether (sulfide) groups is 2. The van der Waals surface area contributed by atoms with Gasteiger partial charge >= 0.3 is 0 Å². The molecule has 1 atom stereocenters. The lowest BCUT2D eigenvalue weighted by atomic mass is 10.2. The van der Waals surface area contributed by atoms with Crippen molar-refractivity contribution >= 4 is 40.8 Å². The minimum atomic E-state index is 0.247. The second-order valence-electron chi connectivity index (χ2n) is 3.93. The van der Waals surface area contributed by atoms with Crippen LogP contribution in [0, 0.1) is 6.92 Å². The number of hydrogen-bond donors (Lipinski definition) is 0. The van der Waals surface area contributed by atoms with E-state index in [0.717, 1.165) is 20.9 Å². The van der Waals surface area contributed by atoms with Crippen molar-refractivity contribution in [3.8, 4) is 0 Å². The Kier molecular flexibility index (Phi) is 3.14. The van der Waals surface area contributed by atoms with E-state index in [1.165, 1.54) is 5.57 Å². The van der Waals surface area contributed by atoms with Crippen molar-refractivity contribution < 1.29 is 4.79 Å². The Labute approximate surface area is 112 Å². The largest absolute Gasteiger partial charge is 0.306 e. The Morgan fingerprint density at radius 2 is 2.47 bits per heavy atom. The third-order valence-electron chi connectivity index (χ3n) is 2.62. The molecule has 1 saturated heterocycles. The Morgan fingerprint density at radius 1 is 1.59 bits per heavy atom. The van der Waals surface area contributed by atoms with Gasteiger partial charge in [0, 0.05) is 17.7 Å². The van der Waals surface area contributed by atoms with Crippen LogP contribution in [-0.2, 0) is 4.79 Å². The summed E-state index contributed by atoms with van der Waals surface area (Å²) >= 11 is 5.18. The van der Waals surface area contributed by atoms with E-state index in [-0.39, 0.29) is 5.91 Å². The van der Waals surface area contributed by atoms with Crippen LogP contribution in [0.2, 0.25) is 0 Å². The zero-order chi connectivity index (χ0) is 11.8. The molecular formula is C10H11N3OS3. The standard InChI is InChI=1S/C10H11N3OS3/c1-6-11-12-10(17-6)16-5-7-3-13-8(14)2-9(13)15-4-7/h3,9H,2,4-5H2,1H3/t9-/m0/s1. The first kappa shape index (κ1) is 11.6. The number of carbonyl (C=O) groups is 1. The highest BCUT2D eigenvalue weighted by Gasteiger charge is 2.37. The topological polar surface area (TPSA) is 46.1 Å². The molecule has 0 aromatic carbocycles. The number of aryl methyl sites for hydroxylation is 1.